The van der Waals surface area contributed by atoms with Crippen LogP contribution >= 0.6 is 11.3 Å². The van der Waals surface area contributed by atoms with E-state index >= 15 is 0 Å². The van der Waals surface area contributed by atoms with Crippen molar-refractivity contribution in [3.8, 4) is 0 Å². The predicted octanol–water partition coefficient (Wildman–Crippen LogP) is 3.22. The Balaban J connectivity index is 2.41. The van der Waals surface area contributed by atoms with Crippen molar-refractivity contribution in [3.05, 3.63) is 21.9 Å². The minimum atomic E-state index is -0.803. The van der Waals surface area contributed by atoms with E-state index < -0.39 is 5.97 Å². The lowest BCUT2D eigenvalue weighted by Crippen LogP contribution is -2.28. The van der Waals surface area contributed by atoms with Crippen LogP contribution in [0.2, 0.25) is 0 Å². The molecule has 1 rings (SSSR count). The van der Waals surface area contributed by atoms with Gasteiger partial charge >= 0.3 is 5.97 Å². The molecule has 1 atom stereocenters. The summed E-state index contributed by atoms with van der Waals surface area (Å²) in [4.78, 5) is 26.5. The predicted molar refractivity (Wildman–Crippen MR) is 76.3 cm³/mol. The van der Waals surface area contributed by atoms with Crippen molar-refractivity contribution in [1.82, 2.24) is 4.90 Å². The molecule has 1 N–H and O–H groups in total. The van der Waals surface area contributed by atoms with Gasteiger partial charge in [0.15, 0.2) is 0 Å². The van der Waals surface area contributed by atoms with E-state index in [-0.39, 0.29) is 18.4 Å². The zero-order chi connectivity index (χ0) is 14.4. The number of unbranched alkanes of at least 4 members (excludes halogenated alkanes) is 1. The van der Waals surface area contributed by atoms with Gasteiger partial charge in [-0.2, -0.15) is 0 Å². The van der Waals surface area contributed by atoms with Gasteiger partial charge in [-0.1, -0.05) is 0 Å². The standard InChI is InChI=1S/C14H21NO3S/c1-10-8-9-12(19-10)11(2)15(3)13(16)6-4-5-7-14(17)18/h8-9,11H,4-7H2,1-3H3,(H,17,18). The fourth-order valence-electron chi connectivity index (χ4n) is 1.81. The average molecular weight is 283 g/mol. The second-order valence-corrected chi connectivity index (χ2v) is 6.05. The Kier molecular flexibility index (Phi) is 6.02. The summed E-state index contributed by atoms with van der Waals surface area (Å²) in [5, 5.41) is 8.53. The molecule has 0 aliphatic heterocycles. The molecule has 0 fully saturated rings. The van der Waals surface area contributed by atoms with Gasteiger partial charge in [0.25, 0.3) is 0 Å². The van der Waals surface area contributed by atoms with Crippen LogP contribution in [0.5, 0.6) is 0 Å². The molecule has 1 aromatic rings. The van der Waals surface area contributed by atoms with Gasteiger partial charge in [0.2, 0.25) is 5.91 Å². The Hall–Kier alpha value is -1.36. The molecule has 1 aromatic heterocycles. The van der Waals surface area contributed by atoms with E-state index in [1.165, 1.54) is 9.75 Å². The highest BCUT2D eigenvalue weighted by atomic mass is 32.1. The lowest BCUT2D eigenvalue weighted by atomic mass is 10.1. The van der Waals surface area contributed by atoms with Crippen LogP contribution in [0.15, 0.2) is 12.1 Å². The Bertz CT molecular complexity index is 442. The van der Waals surface area contributed by atoms with E-state index in [1.807, 2.05) is 6.92 Å². The van der Waals surface area contributed by atoms with E-state index in [1.54, 1.807) is 23.3 Å². The first kappa shape index (κ1) is 15.7. The molecule has 4 nitrogen and oxygen atoms in total. The largest absolute Gasteiger partial charge is 0.481 e. The fourth-order valence-corrected chi connectivity index (χ4v) is 2.79. The second kappa shape index (κ2) is 7.28. The zero-order valence-corrected chi connectivity index (χ0v) is 12.5. The number of hydrogen-bond donors (Lipinski definition) is 1. The van der Waals surface area contributed by atoms with Crippen LogP contribution in [0.4, 0.5) is 0 Å². The summed E-state index contributed by atoms with van der Waals surface area (Å²) >= 11 is 1.70. The molecular weight excluding hydrogens is 262 g/mol. The van der Waals surface area contributed by atoms with Gasteiger partial charge in [-0.3, -0.25) is 9.59 Å². The summed E-state index contributed by atoms with van der Waals surface area (Å²) in [7, 11) is 1.80. The highest BCUT2D eigenvalue weighted by Gasteiger charge is 2.18. The molecule has 1 unspecified atom stereocenters. The third-order valence-electron chi connectivity index (χ3n) is 3.18. The SMILES string of the molecule is Cc1ccc(C(C)N(C)C(=O)CCCCC(=O)O)s1. The number of carbonyl (C=O) groups excluding carboxylic acids is 1. The Morgan fingerprint density at radius 3 is 2.47 bits per heavy atom. The Morgan fingerprint density at radius 2 is 1.95 bits per heavy atom. The minimum Gasteiger partial charge on any atom is -0.481 e. The zero-order valence-electron chi connectivity index (χ0n) is 11.7. The molecule has 0 saturated heterocycles. The summed E-state index contributed by atoms with van der Waals surface area (Å²) in [6.45, 7) is 4.06. The molecule has 0 aromatic carbocycles. The van der Waals surface area contributed by atoms with Crippen molar-refractivity contribution in [3.63, 3.8) is 0 Å². The number of aliphatic carboxylic acids is 1. The normalized spacial score (nSPS) is 12.2. The maximum absolute atomic E-state index is 12.0. The molecular formula is C14H21NO3S. The van der Waals surface area contributed by atoms with Gasteiger partial charge < -0.3 is 10.0 Å². The summed E-state index contributed by atoms with van der Waals surface area (Å²) in [6.07, 6.45) is 1.74. The van der Waals surface area contributed by atoms with Crippen molar-refractivity contribution in [2.45, 2.75) is 45.6 Å². The van der Waals surface area contributed by atoms with Crippen LogP contribution in [0.1, 0.15) is 48.4 Å². The number of thiophene rings is 1. The number of amides is 1. The maximum atomic E-state index is 12.0. The first-order valence-electron chi connectivity index (χ1n) is 6.45. The van der Waals surface area contributed by atoms with Gasteiger partial charge in [-0.05, 0) is 38.8 Å². The number of carbonyl (C=O) groups is 2. The molecule has 106 valence electrons. The molecule has 1 heterocycles. The van der Waals surface area contributed by atoms with Gasteiger partial charge in [0.05, 0.1) is 6.04 Å². The van der Waals surface area contributed by atoms with Crippen molar-refractivity contribution in [1.29, 1.82) is 0 Å². The van der Waals surface area contributed by atoms with Crippen molar-refractivity contribution < 1.29 is 14.7 Å². The van der Waals surface area contributed by atoms with Crippen molar-refractivity contribution >= 4 is 23.2 Å². The molecule has 0 bridgehead atoms. The van der Waals surface area contributed by atoms with Gasteiger partial charge in [0.1, 0.15) is 0 Å². The second-order valence-electron chi connectivity index (χ2n) is 4.73. The number of nitrogens with zero attached hydrogens (tertiary/aromatic N) is 1. The Labute approximate surface area is 118 Å². The first-order chi connectivity index (χ1) is 8.91. The highest BCUT2D eigenvalue weighted by Crippen LogP contribution is 2.26. The van der Waals surface area contributed by atoms with Crippen LogP contribution in [0.3, 0.4) is 0 Å². The summed E-state index contributed by atoms with van der Waals surface area (Å²) in [5.74, 6) is -0.729. The third-order valence-corrected chi connectivity index (χ3v) is 4.35. The smallest absolute Gasteiger partial charge is 0.303 e. The van der Waals surface area contributed by atoms with E-state index in [2.05, 4.69) is 19.1 Å². The number of carboxylic acid groups (broad SMARTS) is 1. The van der Waals surface area contributed by atoms with E-state index in [0.717, 1.165) is 0 Å². The lowest BCUT2D eigenvalue weighted by Gasteiger charge is -2.24. The first-order valence-corrected chi connectivity index (χ1v) is 7.27. The third kappa shape index (κ3) is 5.03. The highest BCUT2D eigenvalue weighted by molar-refractivity contribution is 7.12. The molecule has 0 saturated carbocycles. The molecule has 0 radical (unpaired) electrons. The number of aryl methyl sites for hydroxylation is 1. The number of carboxylic acids is 1. The quantitative estimate of drug-likeness (QED) is 0.782. The van der Waals surface area contributed by atoms with E-state index in [0.29, 0.717) is 19.3 Å². The van der Waals surface area contributed by atoms with Crippen LogP contribution < -0.4 is 0 Å². The van der Waals surface area contributed by atoms with Crippen LogP contribution in [0, 0.1) is 6.92 Å². The lowest BCUT2D eigenvalue weighted by molar-refractivity contribution is -0.137. The number of hydrogen-bond acceptors (Lipinski definition) is 3. The van der Waals surface area contributed by atoms with Crippen LogP contribution in [0.25, 0.3) is 0 Å². The molecule has 19 heavy (non-hydrogen) atoms. The fraction of sp³-hybridized carbons (Fsp3) is 0.571. The van der Waals surface area contributed by atoms with Crippen molar-refractivity contribution in [2.24, 2.45) is 0 Å². The van der Waals surface area contributed by atoms with Gasteiger partial charge in [-0.15, -0.1) is 11.3 Å². The monoisotopic (exact) mass is 283 g/mol. The van der Waals surface area contributed by atoms with Crippen molar-refractivity contribution in [2.75, 3.05) is 7.05 Å². The number of rotatable bonds is 7. The van der Waals surface area contributed by atoms with E-state index in [4.69, 9.17) is 5.11 Å². The molecule has 0 aliphatic rings. The van der Waals surface area contributed by atoms with Crippen LogP contribution in [-0.4, -0.2) is 28.9 Å². The summed E-state index contributed by atoms with van der Waals surface area (Å²) in [6, 6.07) is 4.19. The van der Waals surface area contributed by atoms with Gasteiger partial charge in [-0.25, -0.2) is 0 Å². The van der Waals surface area contributed by atoms with Gasteiger partial charge in [0, 0.05) is 29.6 Å². The molecule has 5 heteroatoms. The van der Waals surface area contributed by atoms with E-state index in [9.17, 15) is 9.59 Å². The average Bonchev–Trinajstić information content (AvgIpc) is 2.79. The molecule has 0 spiro atoms. The molecule has 0 aliphatic carbocycles. The Morgan fingerprint density at radius 1 is 1.32 bits per heavy atom. The topological polar surface area (TPSA) is 57.6 Å². The maximum Gasteiger partial charge on any atom is 0.303 e. The summed E-state index contributed by atoms with van der Waals surface area (Å²) < 4.78 is 0. The summed E-state index contributed by atoms with van der Waals surface area (Å²) in [5.41, 5.74) is 0. The minimum absolute atomic E-state index is 0.0731. The molecule has 1 amide bonds. The van der Waals surface area contributed by atoms with Crippen LogP contribution in [-0.2, 0) is 9.59 Å².